The van der Waals surface area contributed by atoms with Crippen LogP contribution in [0, 0.1) is 28.7 Å². The van der Waals surface area contributed by atoms with Crippen LogP contribution in [0.2, 0.25) is 0 Å². The molecule has 2 aromatic carbocycles. The number of ether oxygens (including phenoxy) is 1. The number of alkyl halides is 1. The average molecular weight is 523 g/mol. The molecule has 1 fully saturated rings. The van der Waals surface area contributed by atoms with E-state index in [-0.39, 0.29) is 18.6 Å². The molecule has 2 heterocycles. The third kappa shape index (κ3) is 6.21. The van der Waals surface area contributed by atoms with E-state index in [9.17, 15) is 22.7 Å². The van der Waals surface area contributed by atoms with Crippen LogP contribution in [0.15, 0.2) is 36.5 Å². The first kappa shape index (κ1) is 27.3. The number of fused-ring (bicyclic) bond motifs is 1. The van der Waals surface area contributed by atoms with E-state index in [2.05, 4.69) is 9.88 Å². The number of aryl methyl sites for hydroxylation is 1. The smallest absolute Gasteiger partial charge is 0.194 e. The molecule has 9 heteroatoms. The maximum Gasteiger partial charge on any atom is 0.194 e. The number of pyridine rings is 1. The standard InChI is InChI=1S/C28H31F5N2O2/c1-37-19-4-5-25-20(15-19)26(24(32)16-34-25)21(29)6-7-28(17-36)8-11-35(12-9-28)10-2-3-18-13-22(30)27(33)23(31)14-18/h4-5,13-16,21,36H,2-3,6-12,17H2,1H3/t21-/m1/s1. The second kappa shape index (κ2) is 11.7. The van der Waals surface area contributed by atoms with Crippen molar-refractivity contribution in [1.29, 1.82) is 0 Å². The highest BCUT2D eigenvalue weighted by atomic mass is 19.2. The molecule has 37 heavy (non-hydrogen) atoms. The van der Waals surface area contributed by atoms with Gasteiger partial charge in [0.15, 0.2) is 17.5 Å². The SMILES string of the molecule is COc1ccc2ncc(F)c([C@H](F)CCC3(CO)CCN(CCCc4cc(F)c(F)c(F)c4)CC3)c2c1. The highest BCUT2D eigenvalue weighted by molar-refractivity contribution is 5.84. The van der Waals surface area contributed by atoms with Crippen LogP contribution < -0.4 is 4.74 Å². The van der Waals surface area contributed by atoms with Gasteiger partial charge >= 0.3 is 0 Å². The zero-order valence-corrected chi connectivity index (χ0v) is 20.8. The number of halogens is 5. The first-order valence-electron chi connectivity index (χ1n) is 12.5. The predicted molar refractivity (Wildman–Crippen MR) is 131 cm³/mol. The van der Waals surface area contributed by atoms with E-state index in [1.165, 1.54) is 7.11 Å². The van der Waals surface area contributed by atoms with Gasteiger partial charge in [-0.2, -0.15) is 0 Å². The average Bonchev–Trinajstić information content (AvgIpc) is 2.90. The lowest BCUT2D eigenvalue weighted by molar-refractivity contribution is 0.0298. The second-order valence-electron chi connectivity index (χ2n) is 9.89. The van der Waals surface area contributed by atoms with E-state index >= 15 is 4.39 Å². The normalized spacial score (nSPS) is 16.7. The van der Waals surface area contributed by atoms with Gasteiger partial charge in [0.05, 0.1) is 18.8 Å². The van der Waals surface area contributed by atoms with E-state index in [0.717, 1.165) is 18.3 Å². The van der Waals surface area contributed by atoms with Crippen molar-refractivity contribution in [2.24, 2.45) is 5.41 Å². The lowest BCUT2D eigenvalue weighted by Gasteiger charge is -2.41. The summed E-state index contributed by atoms with van der Waals surface area (Å²) in [4.78, 5) is 6.24. The van der Waals surface area contributed by atoms with Gasteiger partial charge in [-0.1, -0.05) is 0 Å². The van der Waals surface area contributed by atoms with Gasteiger partial charge in [-0.15, -0.1) is 0 Å². The molecule has 0 unspecified atom stereocenters. The van der Waals surface area contributed by atoms with Gasteiger partial charge in [0.2, 0.25) is 0 Å². The molecule has 200 valence electrons. The Morgan fingerprint density at radius 1 is 1.05 bits per heavy atom. The Bertz CT molecular complexity index is 1210. The number of aliphatic hydroxyl groups is 1. The molecule has 1 aromatic heterocycles. The Morgan fingerprint density at radius 3 is 2.41 bits per heavy atom. The summed E-state index contributed by atoms with van der Waals surface area (Å²) < 4.78 is 75.2. The fraction of sp³-hybridized carbons (Fsp3) is 0.464. The number of hydrogen-bond donors (Lipinski definition) is 1. The first-order chi connectivity index (χ1) is 17.7. The highest BCUT2D eigenvalue weighted by Crippen LogP contribution is 2.40. The Kier molecular flexibility index (Phi) is 8.64. The van der Waals surface area contributed by atoms with Crippen LogP contribution >= 0.6 is 0 Å². The largest absolute Gasteiger partial charge is 0.497 e. The van der Waals surface area contributed by atoms with Crippen molar-refractivity contribution < 1.29 is 31.8 Å². The summed E-state index contributed by atoms with van der Waals surface area (Å²) in [7, 11) is 1.49. The molecule has 1 atom stereocenters. The molecule has 4 rings (SSSR count). The maximum absolute atomic E-state index is 15.4. The molecule has 1 saturated heterocycles. The molecule has 1 aliphatic heterocycles. The van der Waals surface area contributed by atoms with Crippen molar-refractivity contribution in [2.45, 2.75) is 44.7 Å². The molecule has 0 spiro atoms. The topological polar surface area (TPSA) is 45.6 Å². The first-order valence-corrected chi connectivity index (χ1v) is 12.5. The van der Waals surface area contributed by atoms with E-state index in [1.807, 2.05) is 0 Å². The second-order valence-corrected chi connectivity index (χ2v) is 9.89. The molecule has 4 nitrogen and oxygen atoms in total. The third-order valence-corrected chi connectivity index (χ3v) is 7.55. The van der Waals surface area contributed by atoms with Crippen molar-refractivity contribution in [3.63, 3.8) is 0 Å². The number of methoxy groups -OCH3 is 1. The van der Waals surface area contributed by atoms with Crippen LogP contribution in [0.3, 0.4) is 0 Å². The van der Waals surface area contributed by atoms with Crippen LogP contribution in [-0.4, -0.2) is 48.3 Å². The fourth-order valence-electron chi connectivity index (χ4n) is 5.19. The van der Waals surface area contributed by atoms with Crippen molar-refractivity contribution in [2.75, 3.05) is 33.4 Å². The monoisotopic (exact) mass is 522 g/mol. The minimum atomic E-state index is -1.56. The zero-order valence-electron chi connectivity index (χ0n) is 20.8. The third-order valence-electron chi connectivity index (χ3n) is 7.55. The van der Waals surface area contributed by atoms with E-state index < -0.39 is 34.9 Å². The summed E-state index contributed by atoms with van der Waals surface area (Å²) in [5.41, 5.74) is 0.390. The lowest BCUT2D eigenvalue weighted by Crippen LogP contribution is -2.42. The predicted octanol–water partition coefficient (Wildman–Crippen LogP) is 6.30. The summed E-state index contributed by atoms with van der Waals surface area (Å²) in [6.45, 7) is 1.97. The molecular formula is C28H31F5N2O2. The number of nitrogens with zero attached hydrogens (tertiary/aromatic N) is 2. The summed E-state index contributed by atoms with van der Waals surface area (Å²) in [6, 6.07) is 6.97. The Morgan fingerprint density at radius 2 is 1.76 bits per heavy atom. The molecule has 0 radical (unpaired) electrons. The number of aromatic nitrogens is 1. The van der Waals surface area contributed by atoms with Crippen molar-refractivity contribution in [3.8, 4) is 5.75 Å². The van der Waals surface area contributed by atoms with Crippen molar-refractivity contribution >= 4 is 10.9 Å². The number of piperidine rings is 1. The van der Waals surface area contributed by atoms with E-state index in [4.69, 9.17) is 4.74 Å². The number of hydrogen-bond acceptors (Lipinski definition) is 4. The number of aliphatic hydroxyl groups excluding tert-OH is 1. The fourth-order valence-corrected chi connectivity index (χ4v) is 5.19. The van der Waals surface area contributed by atoms with Gasteiger partial charge in [0.1, 0.15) is 17.7 Å². The molecule has 1 N–H and O–H groups in total. The molecule has 0 amide bonds. The van der Waals surface area contributed by atoms with Gasteiger partial charge in [0.25, 0.3) is 0 Å². The van der Waals surface area contributed by atoms with E-state index in [1.54, 1.807) is 18.2 Å². The van der Waals surface area contributed by atoms with Crippen molar-refractivity contribution in [1.82, 2.24) is 9.88 Å². The molecule has 0 saturated carbocycles. The molecule has 1 aliphatic rings. The summed E-state index contributed by atoms with van der Waals surface area (Å²) in [6.07, 6.45) is 2.31. The van der Waals surface area contributed by atoms with Crippen LogP contribution in [0.1, 0.15) is 49.4 Å². The van der Waals surface area contributed by atoms with Gasteiger partial charge in [-0.05, 0) is 99.5 Å². The molecular weight excluding hydrogens is 491 g/mol. The Hall–Kier alpha value is -2.78. The van der Waals surface area contributed by atoms with Gasteiger partial charge in [-0.25, -0.2) is 22.0 Å². The highest BCUT2D eigenvalue weighted by Gasteiger charge is 2.35. The van der Waals surface area contributed by atoms with Crippen LogP contribution in [0.5, 0.6) is 5.75 Å². The van der Waals surface area contributed by atoms with Gasteiger partial charge < -0.3 is 14.7 Å². The van der Waals surface area contributed by atoms with Crippen LogP contribution in [0.4, 0.5) is 22.0 Å². The number of rotatable bonds is 10. The quantitative estimate of drug-likeness (QED) is 0.251. The minimum absolute atomic E-state index is 0.0388. The Labute approximate surface area is 213 Å². The zero-order chi connectivity index (χ0) is 26.6. The lowest BCUT2D eigenvalue weighted by atomic mass is 9.74. The van der Waals surface area contributed by atoms with Crippen LogP contribution in [0.25, 0.3) is 10.9 Å². The number of benzene rings is 2. The van der Waals surface area contributed by atoms with Gasteiger partial charge in [0, 0.05) is 17.6 Å². The van der Waals surface area contributed by atoms with Gasteiger partial charge in [-0.3, -0.25) is 4.98 Å². The summed E-state index contributed by atoms with van der Waals surface area (Å²) in [5, 5.41) is 10.5. The summed E-state index contributed by atoms with van der Waals surface area (Å²) in [5.74, 6) is -4.06. The minimum Gasteiger partial charge on any atom is -0.497 e. The van der Waals surface area contributed by atoms with Crippen LogP contribution in [-0.2, 0) is 6.42 Å². The Balaban J connectivity index is 1.32. The number of likely N-dealkylation sites (tertiary alicyclic amines) is 1. The molecule has 0 aliphatic carbocycles. The molecule has 0 bridgehead atoms. The summed E-state index contributed by atoms with van der Waals surface area (Å²) >= 11 is 0. The van der Waals surface area contributed by atoms with E-state index in [0.29, 0.717) is 74.0 Å². The maximum atomic E-state index is 15.4. The van der Waals surface area contributed by atoms with Crippen molar-refractivity contribution in [3.05, 3.63) is 70.9 Å². The molecule has 3 aromatic rings.